The Balaban J connectivity index is 1.95. The summed E-state index contributed by atoms with van der Waals surface area (Å²) in [7, 11) is -3.77. The summed E-state index contributed by atoms with van der Waals surface area (Å²) in [4.78, 5) is 3.93. The van der Waals surface area contributed by atoms with Crippen LogP contribution in [0.1, 0.15) is 17.5 Å². The topological polar surface area (TPSA) is 73.1 Å². The highest BCUT2D eigenvalue weighted by Crippen LogP contribution is 2.36. The summed E-state index contributed by atoms with van der Waals surface area (Å²) in [6.07, 6.45) is 6.55. The Morgan fingerprint density at radius 2 is 1.55 bits per heavy atom. The van der Waals surface area contributed by atoms with E-state index in [0.29, 0.717) is 5.02 Å². The molecule has 0 bridgehead atoms. The second kappa shape index (κ2) is 5.68. The maximum Gasteiger partial charge on any atom is 0.255 e. The Bertz CT molecular complexity index is 867. The quantitative estimate of drug-likeness (QED) is 0.937. The number of pyridine rings is 1. The molecule has 0 amide bonds. The number of hydrogen-bond donors (Lipinski definition) is 1. The van der Waals surface area contributed by atoms with Gasteiger partial charge in [-0.2, -0.15) is 0 Å². The zero-order valence-electron chi connectivity index (χ0n) is 11.5. The first-order valence-corrected chi connectivity index (χ1v) is 8.53. The van der Waals surface area contributed by atoms with Gasteiger partial charge in [0, 0.05) is 16.8 Å². The number of nitrogens with two attached hydrogens (primary N) is 1. The van der Waals surface area contributed by atoms with Crippen LogP contribution in [-0.4, -0.2) is 13.4 Å². The van der Waals surface area contributed by atoms with Crippen molar-refractivity contribution in [2.75, 3.05) is 0 Å². The monoisotopic (exact) mass is 332 g/mol. The van der Waals surface area contributed by atoms with E-state index in [1.54, 1.807) is 6.07 Å². The summed E-state index contributed by atoms with van der Waals surface area (Å²) in [6.45, 7) is 0. The Morgan fingerprint density at radius 3 is 2.09 bits per heavy atom. The summed E-state index contributed by atoms with van der Waals surface area (Å²) in [6, 6.07) is 10.7. The molecule has 22 heavy (non-hydrogen) atoms. The number of rotatable bonds is 3. The fraction of sp³-hybridized carbons (Fsp3) is 0.0625. The summed E-state index contributed by atoms with van der Waals surface area (Å²) in [5.41, 5.74) is 4.02. The van der Waals surface area contributed by atoms with E-state index in [0.717, 1.165) is 28.7 Å². The van der Waals surface area contributed by atoms with E-state index in [1.807, 2.05) is 24.3 Å². The van der Waals surface area contributed by atoms with E-state index in [9.17, 15) is 8.42 Å². The molecule has 1 heterocycles. The third kappa shape index (κ3) is 2.97. The summed E-state index contributed by atoms with van der Waals surface area (Å²) in [5, 5.41) is 5.62. The first-order chi connectivity index (χ1) is 10.4. The van der Waals surface area contributed by atoms with E-state index in [1.165, 1.54) is 12.3 Å². The van der Waals surface area contributed by atoms with Crippen molar-refractivity contribution in [2.24, 2.45) is 5.14 Å². The molecule has 2 aromatic rings. The van der Waals surface area contributed by atoms with Crippen LogP contribution < -0.4 is 5.14 Å². The van der Waals surface area contributed by atoms with Gasteiger partial charge in [0.25, 0.3) is 10.0 Å². The number of primary sulfonamides is 1. The Hall–Kier alpha value is -1.95. The summed E-state index contributed by atoms with van der Waals surface area (Å²) in [5.74, 6) is 0. The Labute approximate surface area is 134 Å². The van der Waals surface area contributed by atoms with Crippen LogP contribution in [0, 0.1) is 0 Å². The van der Waals surface area contributed by atoms with Crippen LogP contribution in [-0.2, 0) is 10.0 Å². The first kappa shape index (κ1) is 15.0. The van der Waals surface area contributed by atoms with Gasteiger partial charge in [-0.1, -0.05) is 35.9 Å². The molecule has 0 saturated carbocycles. The average Bonchev–Trinajstić information content (AvgIpc) is 2.97. The van der Waals surface area contributed by atoms with Gasteiger partial charge in [0.15, 0.2) is 5.03 Å². The van der Waals surface area contributed by atoms with Crippen LogP contribution in [0.3, 0.4) is 0 Å². The highest BCUT2D eigenvalue weighted by atomic mass is 35.5. The molecule has 112 valence electrons. The molecule has 1 aliphatic carbocycles. The Kier molecular flexibility index (Phi) is 3.87. The molecule has 0 atom stereocenters. The summed E-state index contributed by atoms with van der Waals surface area (Å²) >= 11 is 5.92. The van der Waals surface area contributed by atoms with Crippen LogP contribution in [0.5, 0.6) is 0 Å². The second-order valence-electron chi connectivity index (χ2n) is 4.91. The van der Waals surface area contributed by atoms with E-state index < -0.39 is 10.0 Å². The van der Waals surface area contributed by atoms with Gasteiger partial charge in [0.05, 0.1) is 0 Å². The molecule has 6 heteroatoms. The van der Waals surface area contributed by atoms with Gasteiger partial charge < -0.3 is 0 Å². The number of halogens is 1. The molecule has 2 N–H and O–H groups in total. The van der Waals surface area contributed by atoms with Gasteiger partial charge in [-0.15, -0.1) is 0 Å². The van der Waals surface area contributed by atoms with Gasteiger partial charge >= 0.3 is 0 Å². The van der Waals surface area contributed by atoms with Crippen LogP contribution in [0.2, 0.25) is 5.02 Å². The molecule has 0 spiro atoms. The van der Waals surface area contributed by atoms with Gasteiger partial charge in [0.2, 0.25) is 0 Å². The maximum atomic E-state index is 11.3. The zero-order chi connectivity index (χ0) is 15.7. The minimum atomic E-state index is -3.77. The normalized spacial score (nSPS) is 14.6. The van der Waals surface area contributed by atoms with Gasteiger partial charge in [-0.05, 0) is 47.4 Å². The van der Waals surface area contributed by atoms with E-state index in [2.05, 4.69) is 17.1 Å². The van der Waals surface area contributed by atoms with Crippen molar-refractivity contribution >= 4 is 32.8 Å². The number of sulfonamides is 1. The van der Waals surface area contributed by atoms with Gasteiger partial charge in [0.1, 0.15) is 0 Å². The van der Waals surface area contributed by atoms with E-state index >= 15 is 0 Å². The van der Waals surface area contributed by atoms with Crippen molar-refractivity contribution < 1.29 is 8.42 Å². The molecule has 3 rings (SSSR count). The molecule has 0 aliphatic heterocycles. The third-order valence-corrected chi connectivity index (χ3v) is 4.50. The van der Waals surface area contributed by atoms with Crippen molar-refractivity contribution in [3.05, 3.63) is 70.9 Å². The minimum Gasteiger partial charge on any atom is -0.243 e. The van der Waals surface area contributed by atoms with Crippen molar-refractivity contribution in [1.82, 2.24) is 4.98 Å². The minimum absolute atomic E-state index is 0.133. The third-order valence-electron chi connectivity index (χ3n) is 3.43. The lowest BCUT2D eigenvalue weighted by Gasteiger charge is -2.10. The highest BCUT2D eigenvalue weighted by molar-refractivity contribution is 7.89. The van der Waals surface area contributed by atoms with Crippen molar-refractivity contribution in [3.63, 3.8) is 0 Å². The molecular formula is C16H13ClN2O2S. The molecular weight excluding hydrogens is 320 g/mol. The summed E-state index contributed by atoms with van der Waals surface area (Å²) < 4.78 is 22.5. The van der Waals surface area contributed by atoms with Gasteiger partial charge in [-0.25, -0.2) is 18.5 Å². The molecule has 0 saturated heterocycles. The predicted molar refractivity (Wildman–Crippen MR) is 87.6 cm³/mol. The van der Waals surface area contributed by atoms with Crippen LogP contribution in [0.15, 0.2) is 59.8 Å². The lowest BCUT2D eigenvalue weighted by Crippen LogP contribution is -2.13. The zero-order valence-corrected chi connectivity index (χ0v) is 13.1. The molecule has 1 aliphatic rings. The smallest absolute Gasteiger partial charge is 0.243 e. The molecule has 0 unspecified atom stereocenters. The SMILES string of the molecule is NS(=O)(=O)c1ccc(C2=CCC=C2c2ccc(Cl)cc2)cn1. The molecule has 0 fully saturated rings. The van der Waals surface area contributed by atoms with E-state index in [-0.39, 0.29) is 5.03 Å². The number of allylic oxidation sites excluding steroid dienone is 4. The fourth-order valence-corrected chi connectivity index (χ4v) is 2.98. The number of aromatic nitrogens is 1. The van der Waals surface area contributed by atoms with Crippen LogP contribution in [0.4, 0.5) is 0 Å². The van der Waals surface area contributed by atoms with Crippen LogP contribution >= 0.6 is 11.6 Å². The lowest BCUT2D eigenvalue weighted by atomic mass is 9.96. The maximum absolute atomic E-state index is 11.3. The highest BCUT2D eigenvalue weighted by Gasteiger charge is 2.16. The molecule has 1 aromatic carbocycles. The lowest BCUT2D eigenvalue weighted by molar-refractivity contribution is 0.594. The standard InChI is InChI=1S/C16H13ClN2O2S/c17-13-7-4-11(5-8-13)14-2-1-3-15(14)12-6-9-16(19-10-12)22(18,20)21/h2-10H,1H2,(H2,18,20,21). The van der Waals surface area contributed by atoms with Crippen molar-refractivity contribution in [2.45, 2.75) is 11.4 Å². The van der Waals surface area contributed by atoms with E-state index in [4.69, 9.17) is 16.7 Å². The van der Waals surface area contributed by atoms with Crippen LogP contribution in [0.25, 0.3) is 11.1 Å². The first-order valence-electron chi connectivity index (χ1n) is 6.61. The predicted octanol–water partition coefficient (Wildman–Crippen LogP) is 3.25. The molecule has 0 radical (unpaired) electrons. The largest absolute Gasteiger partial charge is 0.255 e. The Morgan fingerprint density at radius 1 is 0.955 bits per heavy atom. The van der Waals surface area contributed by atoms with Crippen molar-refractivity contribution in [1.29, 1.82) is 0 Å². The fourth-order valence-electron chi connectivity index (χ4n) is 2.40. The van der Waals surface area contributed by atoms with Crippen molar-refractivity contribution in [3.8, 4) is 0 Å². The second-order valence-corrected chi connectivity index (χ2v) is 6.85. The number of hydrogen-bond acceptors (Lipinski definition) is 3. The molecule has 4 nitrogen and oxygen atoms in total. The molecule has 1 aromatic heterocycles. The average molecular weight is 333 g/mol. The van der Waals surface area contributed by atoms with Gasteiger partial charge in [-0.3, -0.25) is 0 Å². The number of benzene rings is 1. The number of nitrogens with zero attached hydrogens (tertiary/aromatic N) is 1.